The van der Waals surface area contributed by atoms with Gasteiger partial charge in [-0.25, -0.2) is 8.78 Å². The van der Waals surface area contributed by atoms with Gasteiger partial charge in [-0.1, -0.05) is 0 Å². The summed E-state index contributed by atoms with van der Waals surface area (Å²) in [7, 11) is -1.53. The smallest absolute Gasteiger partial charge is 0.259 e. The number of halogens is 2. The molecule has 0 saturated carbocycles. The van der Waals surface area contributed by atoms with Gasteiger partial charge in [-0.15, -0.1) is 5.10 Å². The number of aromatic nitrogens is 5. The van der Waals surface area contributed by atoms with Crippen molar-refractivity contribution in [1.82, 2.24) is 29.5 Å². The maximum Gasteiger partial charge on any atom is 0.259 e. The van der Waals surface area contributed by atoms with Crippen molar-refractivity contribution < 1.29 is 17.4 Å². The third-order valence-electron chi connectivity index (χ3n) is 5.71. The lowest BCUT2D eigenvalue weighted by atomic mass is 10.2. The number of furan rings is 1. The summed E-state index contributed by atoms with van der Waals surface area (Å²) < 4.78 is 46.6. The molecular formula is C21H23F2N9O2S. The average molecular weight is 504 g/mol. The van der Waals surface area contributed by atoms with Crippen molar-refractivity contribution in [1.29, 1.82) is 0 Å². The number of nitrogens with zero attached hydrogens (tertiary/aromatic N) is 7. The highest BCUT2D eigenvalue weighted by atomic mass is 32.2. The number of nitrogens with one attached hydrogen (secondary N) is 1. The van der Waals surface area contributed by atoms with Crippen LogP contribution in [0.25, 0.3) is 17.4 Å². The Morgan fingerprint density at radius 3 is 2.66 bits per heavy atom. The molecule has 184 valence electrons. The largest absolute Gasteiger partial charge is 0.461 e. The van der Waals surface area contributed by atoms with E-state index >= 15 is 0 Å². The van der Waals surface area contributed by atoms with Crippen LogP contribution in [0, 0.1) is 11.6 Å². The van der Waals surface area contributed by atoms with Gasteiger partial charge in [0.15, 0.2) is 5.76 Å². The van der Waals surface area contributed by atoms with Crippen LogP contribution < -0.4 is 16.0 Å². The lowest BCUT2D eigenvalue weighted by Gasteiger charge is -2.36. The average Bonchev–Trinajstić information content (AvgIpc) is 3.50. The normalized spacial score (nSPS) is 15.6. The molecule has 35 heavy (non-hydrogen) atoms. The fraction of sp³-hybridized carbons (Fsp3) is 0.333. The number of fused-ring (bicyclic) bond motifs is 1. The van der Waals surface area contributed by atoms with Gasteiger partial charge in [-0.3, -0.25) is 9.11 Å². The molecule has 0 bridgehead atoms. The Balaban J connectivity index is 1.17. The predicted octanol–water partition coefficient (Wildman–Crippen LogP) is 1.61. The number of hydrogen-bond acceptors (Lipinski definition) is 10. The first-order valence-electron chi connectivity index (χ1n) is 10.9. The van der Waals surface area contributed by atoms with Crippen molar-refractivity contribution >= 4 is 34.2 Å². The summed E-state index contributed by atoms with van der Waals surface area (Å²) in [5.41, 5.74) is 6.28. The van der Waals surface area contributed by atoms with Gasteiger partial charge in [0.2, 0.25) is 17.7 Å². The van der Waals surface area contributed by atoms with Crippen LogP contribution >= 0.6 is 0 Å². The second-order valence-corrected chi connectivity index (χ2v) is 9.32. The Kier molecular flexibility index (Phi) is 6.30. The van der Waals surface area contributed by atoms with Gasteiger partial charge in [0.1, 0.15) is 11.6 Å². The van der Waals surface area contributed by atoms with Gasteiger partial charge in [-0.2, -0.15) is 19.5 Å². The molecule has 0 unspecified atom stereocenters. The van der Waals surface area contributed by atoms with E-state index < -0.39 is 22.4 Å². The zero-order valence-corrected chi connectivity index (χ0v) is 19.6. The van der Waals surface area contributed by atoms with Crippen molar-refractivity contribution in [2.75, 3.05) is 61.5 Å². The SMILES string of the molecule is C[S@@](=O)c1cc(N2CCN(CCNc3nc(N)n4nc(-c5ccco5)nc4n3)CC2)c(F)cc1F. The van der Waals surface area contributed by atoms with Crippen molar-refractivity contribution in [3.63, 3.8) is 0 Å². The quantitative estimate of drug-likeness (QED) is 0.383. The number of piperazine rings is 1. The summed E-state index contributed by atoms with van der Waals surface area (Å²) in [6.45, 7) is 3.73. The highest BCUT2D eigenvalue weighted by Gasteiger charge is 2.22. The molecular weight excluding hydrogens is 480 g/mol. The van der Waals surface area contributed by atoms with E-state index in [9.17, 15) is 13.0 Å². The number of nitrogen functional groups attached to an aromatic ring is 1. The van der Waals surface area contributed by atoms with Crippen LogP contribution in [0.1, 0.15) is 0 Å². The summed E-state index contributed by atoms with van der Waals surface area (Å²) in [4.78, 5) is 17.0. The molecule has 11 nitrogen and oxygen atoms in total. The molecule has 0 amide bonds. The minimum atomic E-state index is -1.53. The molecule has 1 aliphatic rings. The second kappa shape index (κ2) is 9.54. The van der Waals surface area contributed by atoms with Crippen LogP contribution in [-0.2, 0) is 10.8 Å². The van der Waals surface area contributed by atoms with E-state index in [-0.39, 0.29) is 16.5 Å². The third kappa shape index (κ3) is 4.79. The molecule has 1 atom stereocenters. The van der Waals surface area contributed by atoms with E-state index in [1.165, 1.54) is 23.1 Å². The minimum Gasteiger partial charge on any atom is -0.461 e. The molecule has 5 rings (SSSR count). The molecule has 0 spiro atoms. The standard InChI is InChI=1S/C21H23F2N9O2S/c1-35(33)17-12-15(13(22)11-14(17)23)31-8-6-30(7-9-31)5-4-25-20-27-19(24)32-21(28-20)26-18(29-32)16-3-2-10-34-16/h2-3,10-12H,4-9H2,1H3,(H3,24,25,26,27,28,29)/t35-/m1/s1. The van der Waals surface area contributed by atoms with Crippen LogP contribution in [-0.4, -0.2) is 79.2 Å². The van der Waals surface area contributed by atoms with E-state index in [1.807, 2.05) is 4.90 Å². The summed E-state index contributed by atoms with van der Waals surface area (Å²) in [5.74, 6) is 0.199. The van der Waals surface area contributed by atoms with Gasteiger partial charge in [0.05, 0.1) is 27.6 Å². The highest BCUT2D eigenvalue weighted by molar-refractivity contribution is 7.84. The molecule has 1 fully saturated rings. The van der Waals surface area contributed by atoms with Crippen LogP contribution in [0.5, 0.6) is 0 Å². The molecule has 4 aromatic rings. The number of nitrogens with two attached hydrogens (primary N) is 1. The van der Waals surface area contributed by atoms with E-state index in [0.717, 1.165) is 6.07 Å². The number of hydrogen-bond donors (Lipinski definition) is 2. The van der Waals surface area contributed by atoms with Crippen LogP contribution in [0.15, 0.2) is 39.8 Å². The van der Waals surface area contributed by atoms with E-state index in [1.54, 1.807) is 12.1 Å². The van der Waals surface area contributed by atoms with Crippen LogP contribution in [0.3, 0.4) is 0 Å². The number of benzene rings is 1. The van der Waals surface area contributed by atoms with Crippen molar-refractivity contribution in [3.05, 3.63) is 42.2 Å². The predicted molar refractivity (Wildman–Crippen MR) is 127 cm³/mol. The fourth-order valence-electron chi connectivity index (χ4n) is 3.91. The molecule has 1 aliphatic heterocycles. The second-order valence-electron chi connectivity index (χ2n) is 7.97. The Morgan fingerprint density at radius 1 is 1.14 bits per heavy atom. The molecule has 0 radical (unpaired) electrons. The monoisotopic (exact) mass is 503 g/mol. The van der Waals surface area contributed by atoms with Gasteiger partial charge < -0.3 is 20.4 Å². The van der Waals surface area contributed by atoms with E-state index in [2.05, 4.69) is 30.3 Å². The van der Waals surface area contributed by atoms with Crippen LogP contribution in [0.2, 0.25) is 0 Å². The Morgan fingerprint density at radius 2 is 1.94 bits per heavy atom. The lowest BCUT2D eigenvalue weighted by molar-refractivity contribution is 0.266. The maximum absolute atomic E-state index is 14.3. The first-order chi connectivity index (χ1) is 16.9. The van der Waals surface area contributed by atoms with Crippen molar-refractivity contribution in [2.24, 2.45) is 0 Å². The first-order valence-corrected chi connectivity index (χ1v) is 12.4. The Labute approximate surface area is 201 Å². The van der Waals surface area contributed by atoms with Crippen molar-refractivity contribution in [3.8, 4) is 11.6 Å². The van der Waals surface area contributed by atoms with Crippen LogP contribution in [0.4, 0.5) is 26.4 Å². The fourth-order valence-corrected chi connectivity index (χ4v) is 4.53. The lowest BCUT2D eigenvalue weighted by Crippen LogP contribution is -2.48. The molecule has 4 heterocycles. The summed E-state index contributed by atoms with van der Waals surface area (Å²) in [6, 6.07) is 5.63. The molecule has 1 aromatic carbocycles. The maximum atomic E-state index is 14.3. The van der Waals surface area contributed by atoms with Gasteiger partial charge >= 0.3 is 0 Å². The highest BCUT2D eigenvalue weighted by Crippen LogP contribution is 2.26. The zero-order valence-electron chi connectivity index (χ0n) is 18.8. The van der Waals surface area contributed by atoms with Gasteiger partial charge in [0.25, 0.3) is 5.78 Å². The van der Waals surface area contributed by atoms with Crippen molar-refractivity contribution in [2.45, 2.75) is 4.90 Å². The summed E-state index contributed by atoms with van der Waals surface area (Å²) in [5, 5.41) is 7.41. The molecule has 0 aliphatic carbocycles. The van der Waals surface area contributed by atoms with Gasteiger partial charge in [0, 0.05) is 51.6 Å². The Hall–Kier alpha value is -3.65. The summed E-state index contributed by atoms with van der Waals surface area (Å²) >= 11 is 0. The minimum absolute atomic E-state index is 0.00762. The van der Waals surface area contributed by atoms with E-state index in [4.69, 9.17) is 10.2 Å². The zero-order chi connectivity index (χ0) is 24.5. The number of anilines is 3. The molecule has 3 aromatic heterocycles. The third-order valence-corrected chi connectivity index (χ3v) is 6.64. The van der Waals surface area contributed by atoms with E-state index in [0.29, 0.717) is 62.6 Å². The topological polar surface area (TPSA) is 131 Å². The molecule has 3 N–H and O–H groups in total. The molecule has 1 saturated heterocycles. The summed E-state index contributed by atoms with van der Waals surface area (Å²) in [6.07, 6.45) is 2.91. The number of rotatable bonds is 7. The Bertz CT molecular complexity index is 1370. The molecule has 14 heteroatoms. The van der Waals surface area contributed by atoms with Gasteiger partial charge in [-0.05, 0) is 18.2 Å². The first kappa shape index (κ1) is 23.1.